The van der Waals surface area contributed by atoms with Gasteiger partial charge >= 0.3 is 0 Å². The standard InChI is InChI=1S/C22H22ClN3O3S2/c1-3-15(2)25-22(27)16-4-13-21(24-14-16)30-19-9-7-18(8-10-19)26-31(28,29)20-11-5-17(23)6-12-20/h4-15,26H,3H2,1-2H3,(H,25,27)/t15-/m1/s1. The van der Waals surface area contributed by atoms with Crippen molar-refractivity contribution in [3.8, 4) is 0 Å². The zero-order valence-corrected chi connectivity index (χ0v) is 19.4. The number of sulfonamides is 1. The van der Waals surface area contributed by atoms with Crippen LogP contribution in [0.4, 0.5) is 5.69 Å². The molecular formula is C22H22ClN3O3S2. The first-order valence-electron chi connectivity index (χ1n) is 9.60. The number of nitrogens with zero attached hydrogens (tertiary/aromatic N) is 1. The van der Waals surface area contributed by atoms with Gasteiger partial charge in [0.2, 0.25) is 0 Å². The van der Waals surface area contributed by atoms with Crippen molar-refractivity contribution in [3.63, 3.8) is 0 Å². The van der Waals surface area contributed by atoms with Crippen molar-refractivity contribution < 1.29 is 13.2 Å². The van der Waals surface area contributed by atoms with Gasteiger partial charge < -0.3 is 5.32 Å². The molecule has 0 spiro atoms. The molecule has 3 aromatic rings. The summed E-state index contributed by atoms with van der Waals surface area (Å²) in [5.41, 5.74) is 0.959. The Morgan fingerprint density at radius 3 is 2.32 bits per heavy atom. The van der Waals surface area contributed by atoms with E-state index in [0.717, 1.165) is 16.3 Å². The molecule has 0 aliphatic carbocycles. The van der Waals surface area contributed by atoms with Crippen LogP contribution in [-0.4, -0.2) is 25.4 Å². The van der Waals surface area contributed by atoms with Crippen LogP contribution >= 0.6 is 23.4 Å². The van der Waals surface area contributed by atoms with E-state index in [4.69, 9.17) is 11.6 Å². The predicted octanol–water partition coefficient (Wildman–Crippen LogP) is 5.22. The van der Waals surface area contributed by atoms with E-state index >= 15 is 0 Å². The summed E-state index contributed by atoms with van der Waals surface area (Å²) in [4.78, 5) is 17.5. The number of amides is 1. The maximum atomic E-state index is 12.5. The highest BCUT2D eigenvalue weighted by Gasteiger charge is 2.14. The zero-order valence-electron chi connectivity index (χ0n) is 17.0. The summed E-state index contributed by atoms with van der Waals surface area (Å²) in [6.45, 7) is 3.96. The lowest BCUT2D eigenvalue weighted by molar-refractivity contribution is 0.0939. The molecule has 162 valence electrons. The Morgan fingerprint density at radius 2 is 1.74 bits per heavy atom. The summed E-state index contributed by atoms with van der Waals surface area (Å²) in [5.74, 6) is -0.143. The van der Waals surface area contributed by atoms with E-state index in [-0.39, 0.29) is 16.8 Å². The summed E-state index contributed by atoms with van der Waals surface area (Å²) < 4.78 is 27.5. The minimum atomic E-state index is -3.69. The van der Waals surface area contributed by atoms with E-state index in [0.29, 0.717) is 16.3 Å². The van der Waals surface area contributed by atoms with Crippen LogP contribution in [0.5, 0.6) is 0 Å². The molecule has 6 nitrogen and oxygen atoms in total. The number of aromatic nitrogens is 1. The van der Waals surface area contributed by atoms with Gasteiger partial charge in [-0.3, -0.25) is 9.52 Å². The van der Waals surface area contributed by atoms with Gasteiger partial charge in [0.05, 0.1) is 10.5 Å². The van der Waals surface area contributed by atoms with Gasteiger partial charge in [-0.05, 0) is 74.0 Å². The summed E-state index contributed by atoms with van der Waals surface area (Å²) in [6.07, 6.45) is 2.41. The average molecular weight is 476 g/mol. The van der Waals surface area contributed by atoms with Gasteiger partial charge in [0.25, 0.3) is 15.9 Å². The third-order valence-electron chi connectivity index (χ3n) is 4.44. The van der Waals surface area contributed by atoms with Crippen LogP contribution in [0.3, 0.4) is 0 Å². The molecule has 2 aromatic carbocycles. The number of anilines is 1. The fourth-order valence-corrected chi connectivity index (χ4v) is 4.46. The van der Waals surface area contributed by atoms with Gasteiger partial charge in [-0.25, -0.2) is 13.4 Å². The molecule has 0 radical (unpaired) electrons. The lowest BCUT2D eigenvalue weighted by Gasteiger charge is -2.11. The summed E-state index contributed by atoms with van der Waals surface area (Å²) >= 11 is 7.23. The summed E-state index contributed by atoms with van der Waals surface area (Å²) in [7, 11) is -3.69. The molecule has 0 fully saturated rings. The molecule has 2 N–H and O–H groups in total. The van der Waals surface area contributed by atoms with Gasteiger partial charge in [-0.1, -0.05) is 30.3 Å². The fourth-order valence-electron chi connectivity index (χ4n) is 2.52. The number of pyridine rings is 1. The molecule has 0 unspecified atom stereocenters. The Morgan fingerprint density at radius 1 is 1.06 bits per heavy atom. The third kappa shape index (κ3) is 6.46. The van der Waals surface area contributed by atoms with Crippen molar-refractivity contribution in [2.75, 3.05) is 4.72 Å². The van der Waals surface area contributed by atoms with E-state index in [1.165, 1.54) is 36.0 Å². The first kappa shape index (κ1) is 23.1. The number of hydrogen-bond acceptors (Lipinski definition) is 5. The molecule has 1 heterocycles. The highest BCUT2D eigenvalue weighted by molar-refractivity contribution is 7.99. The van der Waals surface area contributed by atoms with Crippen LogP contribution in [0, 0.1) is 0 Å². The van der Waals surface area contributed by atoms with E-state index in [2.05, 4.69) is 15.0 Å². The van der Waals surface area contributed by atoms with Crippen LogP contribution in [0.2, 0.25) is 5.02 Å². The molecule has 0 aliphatic rings. The zero-order chi connectivity index (χ0) is 22.4. The van der Waals surface area contributed by atoms with E-state index in [1.807, 2.05) is 13.8 Å². The minimum absolute atomic E-state index is 0.109. The average Bonchev–Trinajstić information content (AvgIpc) is 2.75. The van der Waals surface area contributed by atoms with Crippen LogP contribution < -0.4 is 10.0 Å². The Balaban J connectivity index is 1.63. The molecule has 9 heteroatoms. The molecule has 3 rings (SSSR count). The summed E-state index contributed by atoms with van der Waals surface area (Å²) in [6, 6.07) is 16.6. The van der Waals surface area contributed by atoms with Crippen LogP contribution in [-0.2, 0) is 10.0 Å². The highest BCUT2D eigenvalue weighted by Crippen LogP contribution is 2.28. The van der Waals surface area contributed by atoms with Crippen molar-refractivity contribution >= 4 is 45.0 Å². The second-order valence-corrected chi connectivity index (χ2v) is 10.1. The fraction of sp³-hybridized carbons (Fsp3) is 0.182. The molecule has 1 amide bonds. The Bertz CT molecular complexity index is 1130. The number of halogens is 1. The van der Waals surface area contributed by atoms with E-state index in [1.54, 1.807) is 42.6 Å². The number of hydrogen-bond donors (Lipinski definition) is 2. The van der Waals surface area contributed by atoms with Gasteiger partial charge in [0, 0.05) is 27.8 Å². The maximum Gasteiger partial charge on any atom is 0.261 e. The number of carbonyl (C=O) groups excluding carboxylic acids is 1. The maximum absolute atomic E-state index is 12.5. The molecular weight excluding hydrogens is 454 g/mol. The molecule has 1 atom stereocenters. The van der Waals surface area contributed by atoms with Crippen molar-refractivity contribution in [1.29, 1.82) is 0 Å². The molecule has 0 aliphatic heterocycles. The lowest BCUT2D eigenvalue weighted by Crippen LogP contribution is -2.31. The van der Waals surface area contributed by atoms with E-state index < -0.39 is 10.0 Å². The first-order valence-corrected chi connectivity index (χ1v) is 12.3. The minimum Gasteiger partial charge on any atom is -0.350 e. The Kier molecular flexibility index (Phi) is 7.59. The molecule has 0 saturated heterocycles. The van der Waals surface area contributed by atoms with Gasteiger partial charge in [-0.2, -0.15) is 0 Å². The normalized spacial score (nSPS) is 12.2. The van der Waals surface area contributed by atoms with Crippen LogP contribution in [0.1, 0.15) is 30.6 Å². The van der Waals surface area contributed by atoms with Gasteiger partial charge in [-0.15, -0.1) is 0 Å². The highest BCUT2D eigenvalue weighted by atomic mass is 35.5. The van der Waals surface area contributed by atoms with Crippen LogP contribution in [0.25, 0.3) is 0 Å². The van der Waals surface area contributed by atoms with Gasteiger partial charge in [0.15, 0.2) is 0 Å². The Labute approximate surface area is 191 Å². The first-order chi connectivity index (χ1) is 14.8. The monoisotopic (exact) mass is 475 g/mol. The summed E-state index contributed by atoms with van der Waals surface area (Å²) in [5, 5.41) is 4.11. The largest absolute Gasteiger partial charge is 0.350 e. The number of nitrogens with one attached hydrogen (secondary N) is 2. The van der Waals surface area contributed by atoms with Crippen molar-refractivity contribution in [2.45, 2.75) is 41.1 Å². The molecule has 0 bridgehead atoms. The SMILES string of the molecule is CC[C@@H](C)NC(=O)c1ccc(Sc2ccc(NS(=O)(=O)c3ccc(Cl)cc3)cc2)nc1. The number of carbonyl (C=O) groups is 1. The predicted molar refractivity (Wildman–Crippen MR) is 124 cm³/mol. The number of benzene rings is 2. The molecule has 31 heavy (non-hydrogen) atoms. The molecule has 0 saturated carbocycles. The second kappa shape index (κ2) is 10.2. The Hall–Kier alpha value is -2.55. The molecule has 1 aromatic heterocycles. The van der Waals surface area contributed by atoms with Crippen molar-refractivity contribution in [3.05, 3.63) is 77.4 Å². The van der Waals surface area contributed by atoms with Crippen molar-refractivity contribution in [1.82, 2.24) is 10.3 Å². The smallest absolute Gasteiger partial charge is 0.261 e. The topological polar surface area (TPSA) is 88.2 Å². The van der Waals surface area contributed by atoms with Crippen molar-refractivity contribution in [2.24, 2.45) is 0 Å². The van der Waals surface area contributed by atoms with Crippen LogP contribution in [0.15, 0.2) is 81.7 Å². The quantitative estimate of drug-likeness (QED) is 0.466. The van der Waals surface area contributed by atoms with E-state index in [9.17, 15) is 13.2 Å². The lowest BCUT2D eigenvalue weighted by atomic mass is 10.2. The third-order valence-corrected chi connectivity index (χ3v) is 7.05. The number of rotatable bonds is 8. The second-order valence-electron chi connectivity index (χ2n) is 6.85. The van der Waals surface area contributed by atoms with Gasteiger partial charge in [0.1, 0.15) is 5.03 Å².